The van der Waals surface area contributed by atoms with Gasteiger partial charge in [0, 0.05) is 81.9 Å². The first kappa shape index (κ1) is 37.4. The van der Waals surface area contributed by atoms with Crippen molar-refractivity contribution in [3.63, 3.8) is 0 Å². The highest BCUT2D eigenvalue weighted by Crippen LogP contribution is 2.39. The fourth-order valence-corrected chi connectivity index (χ4v) is 7.37. The third-order valence-corrected chi connectivity index (χ3v) is 10.3. The Hall–Kier alpha value is -5.93. The summed E-state index contributed by atoms with van der Waals surface area (Å²) in [5, 5.41) is 20.8. The van der Waals surface area contributed by atoms with Gasteiger partial charge >= 0.3 is 0 Å². The van der Waals surface area contributed by atoms with Crippen molar-refractivity contribution in [3.05, 3.63) is 93.9 Å². The Labute approximate surface area is 317 Å². The third-order valence-electron chi connectivity index (χ3n) is 10.3. The van der Waals surface area contributed by atoms with E-state index in [0.717, 1.165) is 27.8 Å². The van der Waals surface area contributed by atoms with E-state index in [1.807, 2.05) is 37.6 Å². The van der Waals surface area contributed by atoms with E-state index in [1.165, 1.54) is 4.90 Å². The van der Waals surface area contributed by atoms with Crippen LogP contribution in [0.4, 0.5) is 0 Å². The number of aryl methyl sites for hydroxylation is 2. The van der Waals surface area contributed by atoms with Gasteiger partial charge in [0.05, 0.1) is 55.5 Å². The Morgan fingerprint density at radius 2 is 1.76 bits per heavy atom. The van der Waals surface area contributed by atoms with E-state index in [0.29, 0.717) is 72.8 Å². The zero-order valence-corrected chi connectivity index (χ0v) is 31.2. The van der Waals surface area contributed by atoms with Gasteiger partial charge in [-0.1, -0.05) is 11.3 Å². The van der Waals surface area contributed by atoms with Crippen molar-refractivity contribution in [2.75, 3.05) is 34.4 Å². The van der Waals surface area contributed by atoms with Crippen LogP contribution in [0.2, 0.25) is 0 Å². The molecule has 0 spiro atoms. The van der Waals surface area contributed by atoms with E-state index in [9.17, 15) is 24.3 Å². The third kappa shape index (κ3) is 7.57. The molecule has 1 aliphatic heterocycles. The highest BCUT2D eigenvalue weighted by atomic mass is 16.5. The number of pyridine rings is 2. The summed E-state index contributed by atoms with van der Waals surface area (Å²) in [4.78, 5) is 57.6. The number of ether oxygens (including phenoxy) is 3. The molecular weight excluding hydrogens is 706 g/mol. The van der Waals surface area contributed by atoms with Gasteiger partial charge in [-0.2, -0.15) is 0 Å². The molecule has 4 heterocycles. The minimum Gasteiger partial charge on any atom is -0.496 e. The van der Waals surface area contributed by atoms with Gasteiger partial charge in [-0.3, -0.25) is 33.7 Å². The van der Waals surface area contributed by atoms with Gasteiger partial charge in [-0.15, -0.1) is 5.10 Å². The minimum atomic E-state index is -1.24. The van der Waals surface area contributed by atoms with Crippen LogP contribution < -0.4 is 19.8 Å². The topological polar surface area (TPSA) is 171 Å². The molecule has 0 radical (unpaired) electrons. The molecule has 3 aromatic heterocycles. The second-order valence-electron chi connectivity index (χ2n) is 14.0. The van der Waals surface area contributed by atoms with Crippen LogP contribution in [0, 0.1) is 0 Å². The first-order valence-corrected chi connectivity index (χ1v) is 18.1. The van der Waals surface area contributed by atoms with E-state index in [2.05, 4.69) is 20.2 Å². The molecule has 1 amide bonds. The molecule has 1 aliphatic carbocycles. The van der Waals surface area contributed by atoms with Gasteiger partial charge in [-0.05, 0) is 54.8 Å². The van der Waals surface area contributed by atoms with Gasteiger partial charge in [-0.25, -0.2) is 0 Å². The fraction of sp³-hybridized carbons (Fsp3) is 0.375. The maximum absolute atomic E-state index is 13.2. The summed E-state index contributed by atoms with van der Waals surface area (Å²) in [7, 11) is 7.01. The molecule has 15 heteroatoms. The summed E-state index contributed by atoms with van der Waals surface area (Å²) in [6, 6.07) is 9.90. The number of aliphatic hydroxyl groups is 1. The van der Waals surface area contributed by atoms with Crippen LogP contribution >= 0.6 is 0 Å². The van der Waals surface area contributed by atoms with Crippen LogP contribution in [0.25, 0.3) is 21.9 Å². The number of carbonyl (C=O) groups excluding carboxylic acids is 3. The summed E-state index contributed by atoms with van der Waals surface area (Å²) in [6.07, 6.45) is 7.28. The normalized spacial score (nSPS) is 17.0. The predicted molar refractivity (Wildman–Crippen MR) is 201 cm³/mol. The Kier molecular flexibility index (Phi) is 10.7. The fourth-order valence-electron chi connectivity index (χ4n) is 7.37. The van der Waals surface area contributed by atoms with Crippen LogP contribution in [0.1, 0.15) is 59.1 Å². The van der Waals surface area contributed by atoms with Gasteiger partial charge in [0.1, 0.15) is 23.0 Å². The molecule has 1 N–H and O–H groups in total. The lowest BCUT2D eigenvalue weighted by Gasteiger charge is -2.31. The van der Waals surface area contributed by atoms with Crippen LogP contribution in [0.3, 0.4) is 0 Å². The van der Waals surface area contributed by atoms with Crippen LogP contribution in [0.15, 0.2) is 66.0 Å². The number of rotatable bonds is 14. The predicted octanol–water partition coefficient (Wildman–Crippen LogP) is 3.49. The number of aromatic nitrogens is 5. The average Bonchev–Trinajstić information content (AvgIpc) is 3.74. The lowest BCUT2D eigenvalue weighted by atomic mass is 9.92. The summed E-state index contributed by atoms with van der Waals surface area (Å²) in [6.45, 7) is 2.19. The van der Waals surface area contributed by atoms with Gasteiger partial charge in [0.15, 0.2) is 12.0 Å². The molecule has 2 unspecified atom stereocenters. The van der Waals surface area contributed by atoms with E-state index >= 15 is 0 Å². The van der Waals surface area contributed by atoms with Crippen molar-refractivity contribution in [3.8, 4) is 28.4 Å². The van der Waals surface area contributed by atoms with Crippen molar-refractivity contribution < 1.29 is 33.7 Å². The number of hydrogen-bond donors (Lipinski definition) is 1. The molecule has 0 saturated heterocycles. The monoisotopic (exact) mass is 749 g/mol. The zero-order chi connectivity index (χ0) is 38.8. The number of methoxy groups -OCH3 is 2. The SMILES string of the molecule is COc1cc(-c2cn(C)c(=O)c3cnccc23)cc(OC)c1CN(C)CCc1cn(CCCOc2ccc3c(c2)C(=O)N(C2CCC(=O)CC2=O)C3O)nn1. The van der Waals surface area contributed by atoms with Crippen molar-refractivity contribution in [1.82, 2.24) is 34.3 Å². The molecule has 2 atom stereocenters. The zero-order valence-electron chi connectivity index (χ0n) is 31.2. The number of carbonyl (C=O) groups is 3. The highest BCUT2D eigenvalue weighted by Gasteiger charge is 2.44. The van der Waals surface area contributed by atoms with Gasteiger partial charge < -0.3 is 28.8 Å². The van der Waals surface area contributed by atoms with E-state index in [1.54, 1.807) is 61.1 Å². The second-order valence-corrected chi connectivity index (χ2v) is 14.0. The molecule has 1 saturated carbocycles. The molecule has 7 rings (SSSR count). The molecule has 1 fully saturated rings. The van der Waals surface area contributed by atoms with Crippen LogP contribution in [0.5, 0.6) is 17.2 Å². The minimum absolute atomic E-state index is 0.114. The summed E-state index contributed by atoms with van der Waals surface area (Å²) in [5.74, 6) is 0.901. The Bertz CT molecular complexity index is 2310. The highest BCUT2D eigenvalue weighted by molar-refractivity contribution is 6.08. The Morgan fingerprint density at radius 1 is 0.982 bits per heavy atom. The van der Waals surface area contributed by atoms with Gasteiger partial charge in [0.2, 0.25) is 0 Å². The number of fused-ring (bicyclic) bond motifs is 2. The number of benzene rings is 2. The van der Waals surface area contributed by atoms with Crippen molar-refractivity contribution in [1.29, 1.82) is 0 Å². The number of likely N-dealkylation sites (N-methyl/N-ethyl adjacent to an activating group) is 1. The first-order valence-electron chi connectivity index (χ1n) is 18.1. The van der Waals surface area contributed by atoms with Crippen LogP contribution in [-0.4, -0.2) is 97.4 Å². The first-order chi connectivity index (χ1) is 26.6. The molecule has 2 aromatic carbocycles. The Morgan fingerprint density at radius 3 is 2.51 bits per heavy atom. The molecule has 0 bridgehead atoms. The van der Waals surface area contributed by atoms with Crippen molar-refractivity contribution in [2.24, 2.45) is 7.05 Å². The number of Topliss-reactive ketones (excluding diaryl/α,β-unsaturated/α-hetero) is 2. The van der Waals surface area contributed by atoms with E-state index in [4.69, 9.17) is 14.2 Å². The summed E-state index contributed by atoms with van der Waals surface area (Å²) < 4.78 is 21.0. The molecule has 5 aromatic rings. The largest absolute Gasteiger partial charge is 0.496 e. The standard InChI is InChI=1S/C40H43N7O8/c1-44(22-33-36(53-3)16-24(17-37(33)54-4)32-23-45(2)38(50)31-20-41-12-10-28(31)32)14-11-25-21-46(43-42-25)13-5-15-55-27-7-8-29-30(19-27)40(52)47(39(29)51)34-9-6-26(48)18-35(34)49/h7-8,10,12,16-17,19-21,23,34,39,51H,5-6,9,11,13-15,18,22H2,1-4H3. The second kappa shape index (κ2) is 15.8. The smallest absolute Gasteiger partial charge is 0.259 e. The van der Waals surface area contributed by atoms with Crippen molar-refractivity contribution >= 4 is 28.2 Å². The van der Waals surface area contributed by atoms with Crippen molar-refractivity contribution in [2.45, 2.75) is 57.5 Å². The number of nitrogens with zero attached hydrogens (tertiary/aromatic N) is 7. The molecular formula is C40H43N7O8. The van der Waals surface area contributed by atoms with E-state index < -0.39 is 18.2 Å². The van der Waals surface area contributed by atoms with Crippen LogP contribution in [-0.2, 0) is 36.1 Å². The molecule has 15 nitrogen and oxygen atoms in total. The lowest BCUT2D eigenvalue weighted by Crippen LogP contribution is -2.46. The average molecular weight is 750 g/mol. The van der Waals surface area contributed by atoms with E-state index in [-0.39, 0.29) is 36.4 Å². The number of amides is 1. The maximum atomic E-state index is 13.2. The quantitative estimate of drug-likeness (QED) is 0.130. The number of ketones is 2. The number of aliphatic hydroxyl groups excluding tert-OH is 1. The molecule has 286 valence electrons. The molecule has 2 aliphatic rings. The number of hydrogen-bond acceptors (Lipinski definition) is 12. The summed E-state index contributed by atoms with van der Waals surface area (Å²) >= 11 is 0. The lowest BCUT2D eigenvalue weighted by molar-refractivity contribution is -0.136. The van der Waals surface area contributed by atoms with Gasteiger partial charge in [0.25, 0.3) is 11.5 Å². The summed E-state index contributed by atoms with van der Waals surface area (Å²) in [5.41, 5.74) is 4.07. The Balaban J connectivity index is 0.918. The maximum Gasteiger partial charge on any atom is 0.259 e. The molecule has 55 heavy (non-hydrogen) atoms.